The van der Waals surface area contributed by atoms with Crippen molar-refractivity contribution in [2.75, 3.05) is 0 Å². The fraction of sp³-hybridized carbons (Fsp3) is 0.909. The van der Waals surface area contributed by atoms with Gasteiger partial charge in [-0.05, 0) is 25.7 Å². The van der Waals surface area contributed by atoms with Crippen molar-refractivity contribution in [3.8, 4) is 0 Å². The molecule has 1 N–H and O–H groups in total. The monoisotopic (exact) mass is 202 g/mol. The molecule has 14 heavy (non-hydrogen) atoms. The highest BCUT2D eigenvalue weighted by molar-refractivity contribution is 5.72. The first-order valence-electron chi connectivity index (χ1n) is 5.35. The average molecular weight is 202 g/mol. The van der Waals surface area contributed by atoms with Gasteiger partial charge in [0.15, 0.2) is 6.10 Å². The summed E-state index contributed by atoms with van der Waals surface area (Å²) >= 11 is 0. The number of rotatable bonds is 7. The van der Waals surface area contributed by atoms with Crippen LogP contribution in [0.2, 0.25) is 0 Å². The fourth-order valence-electron chi connectivity index (χ4n) is 1.51. The average Bonchev–Trinajstić information content (AvgIpc) is 2.01. The van der Waals surface area contributed by atoms with E-state index in [4.69, 9.17) is 9.84 Å². The van der Waals surface area contributed by atoms with Crippen LogP contribution in [0.15, 0.2) is 0 Å². The summed E-state index contributed by atoms with van der Waals surface area (Å²) < 4.78 is 5.46. The third-order valence-corrected chi connectivity index (χ3v) is 2.03. The van der Waals surface area contributed by atoms with Gasteiger partial charge in [-0.3, -0.25) is 0 Å². The third-order valence-electron chi connectivity index (χ3n) is 2.03. The maximum Gasteiger partial charge on any atom is 0.332 e. The molecule has 0 aromatic rings. The minimum absolute atomic E-state index is 0.0302. The van der Waals surface area contributed by atoms with E-state index in [0.717, 1.165) is 12.8 Å². The highest BCUT2D eigenvalue weighted by Crippen LogP contribution is 2.12. The van der Waals surface area contributed by atoms with E-state index in [-0.39, 0.29) is 6.10 Å². The van der Waals surface area contributed by atoms with Gasteiger partial charge >= 0.3 is 5.97 Å². The van der Waals surface area contributed by atoms with Gasteiger partial charge in [-0.2, -0.15) is 0 Å². The molecule has 0 aliphatic rings. The van der Waals surface area contributed by atoms with Crippen molar-refractivity contribution in [3.63, 3.8) is 0 Å². The minimum atomic E-state index is -0.845. The lowest BCUT2D eigenvalue weighted by Crippen LogP contribution is -2.28. The molecule has 0 saturated heterocycles. The van der Waals surface area contributed by atoms with E-state index < -0.39 is 12.1 Å². The summed E-state index contributed by atoms with van der Waals surface area (Å²) in [4.78, 5) is 10.8. The third kappa shape index (κ3) is 5.97. The molecule has 0 aromatic carbocycles. The molecule has 0 fully saturated rings. The Morgan fingerprint density at radius 3 is 2.29 bits per heavy atom. The van der Waals surface area contributed by atoms with Crippen molar-refractivity contribution in [2.24, 2.45) is 5.92 Å². The molecule has 0 amide bonds. The molecule has 0 heterocycles. The molecule has 0 aliphatic carbocycles. The van der Waals surface area contributed by atoms with E-state index in [1.54, 1.807) is 0 Å². The standard InChI is InChI=1S/C11H22O3/c1-5-6-10(11(12)13)14-9(4)7-8(2)3/h8-10H,5-7H2,1-4H3,(H,12,13). The molecular formula is C11H22O3. The number of aliphatic carboxylic acids is 1. The summed E-state index contributed by atoms with van der Waals surface area (Å²) in [6.45, 7) is 8.11. The summed E-state index contributed by atoms with van der Waals surface area (Å²) in [5.41, 5.74) is 0. The van der Waals surface area contributed by atoms with E-state index in [1.165, 1.54) is 0 Å². The predicted molar refractivity (Wildman–Crippen MR) is 56.3 cm³/mol. The van der Waals surface area contributed by atoms with Gasteiger partial charge < -0.3 is 9.84 Å². The number of carbonyl (C=O) groups is 1. The van der Waals surface area contributed by atoms with Crippen molar-refractivity contribution in [2.45, 2.75) is 59.2 Å². The molecule has 0 spiro atoms. The van der Waals surface area contributed by atoms with Gasteiger partial charge in [-0.25, -0.2) is 4.79 Å². The van der Waals surface area contributed by atoms with E-state index in [0.29, 0.717) is 12.3 Å². The molecule has 2 unspecified atom stereocenters. The van der Waals surface area contributed by atoms with Crippen LogP contribution in [0, 0.1) is 5.92 Å². The predicted octanol–water partition coefficient (Wildman–Crippen LogP) is 2.69. The number of hydrogen-bond acceptors (Lipinski definition) is 2. The smallest absolute Gasteiger partial charge is 0.332 e. The van der Waals surface area contributed by atoms with Crippen molar-refractivity contribution >= 4 is 5.97 Å². The molecule has 2 atom stereocenters. The first-order valence-corrected chi connectivity index (χ1v) is 5.35. The number of ether oxygens (including phenoxy) is 1. The Bertz CT molecular complexity index is 166. The van der Waals surface area contributed by atoms with Crippen LogP contribution in [0.3, 0.4) is 0 Å². The Morgan fingerprint density at radius 1 is 1.36 bits per heavy atom. The van der Waals surface area contributed by atoms with Gasteiger partial charge in [-0.1, -0.05) is 27.2 Å². The molecular weight excluding hydrogens is 180 g/mol. The van der Waals surface area contributed by atoms with E-state index >= 15 is 0 Å². The molecule has 3 nitrogen and oxygen atoms in total. The second kappa shape index (κ2) is 6.82. The summed E-state index contributed by atoms with van der Waals surface area (Å²) in [6, 6.07) is 0. The zero-order valence-electron chi connectivity index (χ0n) is 9.62. The van der Waals surface area contributed by atoms with E-state index in [9.17, 15) is 4.79 Å². The maximum atomic E-state index is 10.8. The normalized spacial score (nSPS) is 15.5. The van der Waals surface area contributed by atoms with Gasteiger partial charge in [0.05, 0.1) is 6.10 Å². The van der Waals surface area contributed by atoms with Crippen LogP contribution >= 0.6 is 0 Å². The minimum Gasteiger partial charge on any atom is -0.479 e. The van der Waals surface area contributed by atoms with Gasteiger partial charge in [-0.15, -0.1) is 0 Å². The largest absolute Gasteiger partial charge is 0.479 e. The molecule has 0 radical (unpaired) electrons. The second-order valence-corrected chi connectivity index (χ2v) is 4.19. The Hall–Kier alpha value is -0.570. The van der Waals surface area contributed by atoms with Crippen molar-refractivity contribution in [1.82, 2.24) is 0 Å². The Kier molecular flexibility index (Phi) is 6.54. The first-order chi connectivity index (χ1) is 6.47. The molecule has 0 saturated carbocycles. The SMILES string of the molecule is CCCC(OC(C)CC(C)C)C(=O)O. The van der Waals surface area contributed by atoms with E-state index in [2.05, 4.69) is 13.8 Å². The lowest BCUT2D eigenvalue weighted by atomic mass is 10.1. The summed E-state index contributed by atoms with van der Waals surface area (Å²) in [6.07, 6.45) is 1.74. The molecule has 0 bridgehead atoms. The Morgan fingerprint density at radius 2 is 1.93 bits per heavy atom. The van der Waals surface area contributed by atoms with Gasteiger partial charge in [0.2, 0.25) is 0 Å². The fourth-order valence-corrected chi connectivity index (χ4v) is 1.51. The zero-order chi connectivity index (χ0) is 11.1. The maximum absolute atomic E-state index is 10.8. The molecule has 0 aliphatic heterocycles. The summed E-state index contributed by atoms with van der Waals surface area (Å²) in [5.74, 6) is -0.302. The molecule has 84 valence electrons. The van der Waals surface area contributed by atoms with E-state index in [1.807, 2.05) is 13.8 Å². The Balaban J connectivity index is 3.95. The van der Waals surface area contributed by atoms with Crippen LogP contribution in [-0.2, 0) is 9.53 Å². The molecule has 0 aromatic heterocycles. The van der Waals surface area contributed by atoms with Crippen molar-refractivity contribution < 1.29 is 14.6 Å². The van der Waals surface area contributed by atoms with Crippen LogP contribution in [0.25, 0.3) is 0 Å². The highest BCUT2D eigenvalue weighted by atomic mass is 16.5. The van der Waals surface area contributed by atoms with Crippen LogP contribution in [0.1, 0.15) is 47.0 Å². The summed E-state index contributed by atoms with van der Waals surface area (Å²) in [7, 11) is 0. The highest BCUT2D eigenvalue weighted by Gasteiger charge is 2.20. The van der Waals surface area contributed by atoms with Crippen molar-refractivity contribution in [1.29, 1.82) is 0 Å². The lowest BCUT2D eigenvalue weighted by Gasteiger charge is -2.20. The van der Waals surface area contributed by atoms with Gasteiger partial charge in [0, 0.05) is 0 Å². The number of carboxylic acid groups (broad SMARTS) is 1. The lowest BCUT2D eigenvalue weighted by molar-refractivity contribution is -0.154. The molecule has 0 rings (SSSR count). The van der Waals surface area contributed by atoms with Gasteiger partial charge in [0.1, 0.15) is 0 Å². The number of carboxylic acids is 1. The quantitative estimate of drug-likeness (QED) is 0.690. The topological polar surface area (TPSA) is 46.5 Å². The van der Waals surface area contributed by atoms with Crippen LogP contribution < -0.4 is 0 Å². The van der Waals surface area contributed by atoms with Crippen LogP contribution in [0.4, 0.5) is 0 Å². The molecule has 3 heteroatoms. The second-order valence-electron chi connectivity index (χ2n) is 4.19. The number of hydrogen-bond donors (Lipinski definition) is 1. The van der Waals surface area contributed by atoms with Crippen molar-refractivity contribution in [3.05, 3.63) is 0 Å². The first kappa shape index (κ1) is 13.4. The summed E-state index contributed by atoms with van der Waals surface area (Å²) in [5, 5.41) is 8.86. The van der Waals surface area contributed by atoms with Gasteiger partial charge in [0.25, 0.3) is 0 Å². The Labute approximate surface area is 86.5 Å². The van der Waals surface area contributed by atoms with Crippen LogP contribution in [0.5, 0.6) is 0 Å². The zero-order valence-corrected chi connectivity index (χ0v) is 9.62. The van der Waals surface area contributed by atoms with Crippen LogP contribution in [-0.4, -0.2) is 23.3 Å².